The van der Waals surface area contributed by atoms with Crippen LogP contribution in [-0.2, 0) is 6.54 Å². The highest BCUT2D eigenvalue weighted by Crippen LogP contribution is 2.17. The van der Waals surface area contributed by atoms with Gasteiger partial charge < -0.3 is 10.1 Å². The van der Waals surface area contributed by atoms with Crippen LogP contribution in [0.3, 0.4) is 0 Å². The summed E-state index contributed by atoms with van der Waals surface area (Å²) in [6.07, 6.45) is 3.58. The van der Waals surface area contributed by atoms with Crippen molar-refractivity contribution in [3.8, 4) is 5.75 Å². The summed E-state index contributed by atoms with van der Waals surface area (Å²) in [6, 6.07) is 16.5. The Morgan fingerprint density at radius 3 is 2.57 bits per heavy atom. The van der Waals surface area contributed by atoms with Gasteiger partial charge >= 0.3 is 0 Å². The molecule has 0 aliphatic heterocycles. The van der Waals surface area contributed by atoms with Gasteiger partial charge in [0.2, 0.25) is 0 Å². The van der Waals surface area contributed by atoms with E-state index in [-0.39, 0.29) is 0 Å². The van der Waals surface area contributed by atoms with Crippen molar-refractivity contribution in [2.24, 2.45) is 0 Å². The minimum absolute atomic E-state index is 0.809. The first-order valence-corrected chi connectivity index (χ1v) is 8.28. The zero-order valence-corrected chi connectivity index (χ0v) is 14.0. The summed E-state index contributed by atoms with van der Waals surface area (Å²) in [5.74, 6) is 0.956. The first-order valence-electron chi connectivity index (χ1n) is 7.49. The molecule has 1 N–H and O–H groups in total. The molecule has 0 aliphatic carbocycles. The zero-order chi connectivity index (χ0) is 14.9. The van der Waals surface area contributed by atoms with Gasteiger partial charge in [0.25, 0.3) is 0 Å². The molecule has 0 radical (unpaired) electrons. The minimum atomic E-state index is 0.809. The summed E-state index contributed by atoms with van der Waals surface area (Å²) >= 11 is 3.48. The van der Waals surface area contributed by atoms with Crippen LogP contribution in [0.15, 0.2) is 53.0 Å². The fourth-order valence-corrected chi connectivity index (χ4v) is 2.45. The van der Waals surface area contributed by atoms with Crippen LogP contribution in [0.5, 0.6) is 5.75 Å². The number of nitrogens with one attached hydrogen (secondary N) is 1. The van der Waals surface area contributed by atoms with E-state index in [2.05, 4.69) is 52.4 Å². The maximum Gasteiger partial charge on any atom is 0.119 e. The van der Waals surface area contributed by atoms with Crippen LogP contribution in [0.2, 0.25) is 0 Å². The lowest BCUT2D eigenvalue weighted by Gasteiger charge is -2.09. The van der Waals surface area contributed by atoms with E-state index < -0.39 is 0 Å². The molecule has 0 atom stereocenters. The number of hydrogen-bond acceptors (Lipinski definition) is 2. The molecule has 0 amide bonds. The summed E-state index contributed by atoms with van der Waals surface area (Å²) < 4.78 is 6.80. The molecule has 0 fully saturated rings. The first-order chi connectivity index (χ1) is 10.3. The maximum absolute atomic E-state index is 5.71. The van der Waals surface area contributed by atoms with Gasteiger partial charge in [0.1, 0.15) is 5.75 Å². The Morgan fingerprint density at radius 2 is 1.86 bits per heavy atom. The van der Waals surface area contributed by atoms with Crippen molar-refractivity contribution in [3.05, 3.63) is 58.6 Å². The lowest BCUT2D eigenvalue weighted by Crippen LogP contribution is -2.00. The van der Waals surface area contributed by atoms with E-state index in [1.807, 2.05) is 24.3 Å². The highest BCUT2D eigenvalue weighted by atomic mass is 79.9. The third kappa shape index (κ3) is 5.80. The Hall–Kier alpha value is -1.48. The summed E-state index contributed by atoms with van der Waals surface area (Å²) in [4.78, 5) is 0. The van der Waals surface area contributed by atoms with Gasteiger partial charge in [-0.05, 0) is 42.3 Å². The van der Waals surface area contributed by atoms with E-state index >= 15 is 0 Å². The van der Waals surface area contributed by atoms with Crippen LogP contribution >= 0.6 is 15.9 Å². The molecule has 0 saturated heterocycles. The Balaban J connectivity index is 1.79. The van der Waals surface area contributed by atoms with E-state index in [9.17, 15) is 0 Å². The van der Waals surface area contributed by atoms with Crippen molar-refractivity contribution >= 4 is 21.6 Å². The van der Waals surface area contributed by atoms with Gasteiger partial charge in [0.15, 0.2) is 0 Å². The average Bonchev–Trinajstić information content (AvgIpc) is 2.51. The largest absolute Gasteiger partial charge is 0.494 e. The van der Waals surface area contributed by atoms with Crippen LogP contribution in [-0.4, -0.2) is 6.61 Å². The van der Waals surface area contributed by atoms with Crippen LogP contribution < -0.4 is 10.1 Å². The van der Waals surface area contributed by atoms with Crippen LogP contribution in [0.25, 0.3) is 0 Å². The van der Waals surface area contributed by atoms with Crippen molar-refractivity contribution in [2.75, 3.05) is 11.9 Å². The zero-order valence-electron chi connectivity index (χ0n) is 12.4. The lowest BCUT2D eigenvalue weighted by atomic mass is 10.2. The molecule has 2 aromatic rings. The molecule has 21 heavy (non-hydrogen) atoms. The van der Waals surface area contributed by atoms with Crippen molar-refractivity contribution in [3.63, 3.8) is 0 Å². The number of rotatable bonds is 8. The number of halogens is 1. The lowest BCUT2D eigenvalue weighted by molar-refractivity contribution is 0.306. The summed E-state index contributed by atoms with van der Waals surface area (Å²) in [6.45, 7) is 3.82. The molecule has 0 aliphatic rings. The van der Waals surface area contributed by atoms with E-state index in [4.69, 9.17) is 4.74 Å². The average molecular weight is 348 g/mol. The molecule has 112 valence electrons. The Bertz CT molecular complexity index is 539. The molecule has 0 aromatic heterocycles. The Kier molecular flexibility index (Phi) is 6.61. The predicted molar refractivity (Wildman–Crippen MR) is 92.9 cm³/mol. The standard InChI is InChI=1S/C18H22BrNO/c1-2-3-4-12-21-18-10-8-15(9-11-18)14-20-17-7-5-6-16(19)13-17/h5-11,13,20H,2-4,12,14H2,1H3. The van der Waals surface area contributed by atoms with E-state index in [0.29, 0.717) is 0 Å². The normalized spacial score (nSPS) is 10.4. The van der Waals surface area contributed by atoms with Crippen molar-refractivity contribution in [1.82, 2.24) is 0 Å². The molecule has 3 heteroatoms. The molecule has 0 heterocycles. The molecule has 2 rings (SSSR count). The smallest absolute Gasteiger partial charge is 0.119 e. The molecule has 2 nitrogen and oxygen atoms in total. The fraction of sp³-hybridized carbons (Fsp3) is 0.333. The van der Waals surface area contributed by atoms with Crippen molar-refractivity contribution in [2.45, 2.75) is 32.7 Å². The molecule has 0 bridgehead atoms. The minimum Gasteiger partial charge on any atom is -0.494 e. The van der Waals surface area contributed by atoms with Gasteiger partial charge in [-0.3, -0.25) is 0 Å². The highest BCUT2D eigenvalue weighted by Gasteiger charge is 1.97. The highest BCUT2D eigenvalue weighted by molar-refractivity contribution is 9.10. The molecular weight excluding hydrogens is 326 g/mol. The van der Waals surface area contributed by atoms with Crippen molar-refractivity contribution < 1.29 is 4.74 Å². The second kappa shape index (κ2) is 8.73. The fourth-order valence-electron chi connectivity index (χ4n) is 2.05. The van der Waals surface area contributed by atoms with Gasteiger partial charge in [-0.15, -0.1) is 0 Å². The molecule has 0 saturated carbocycles. The second-order valence-electron chi connectivity index (χ2n) is 5.06. The third-order valence-corrected chi connectivity index (χ3v) is 3.75. The number of hydrogen-bond donors (Lipinski definition) is 1. The first kappa shape index (κ1) is 15.9. The topological polar surface area (TPSA) is 21.3 Å². The van der Waals surface area contributed by atoms with E-state index in [0.717, 1.165) is 35.5 Å². The summed E-state index contributed by atoms with van der Waals surface area (Å²) in [5, 5.41) is 3.41. The monoisotopic (exact) mass is 347 g/mol. The Morgan fingerprint density at radius 1 is 1.05 bits per heavy atom. The van der Waals surface area contributed by atoms with Gasteiger partial charge in [0, 0.05) is 16.7 Å². The SMILES string of the molecule is CCCCCOc1ccc(CNc2cccc(Br)c2)cc1. The second-order valence-corrected chi connectivity index (χ2v) is 5.98. The summed E-state index contributed by atoms with van der Waals surface area (Å²) in [7, 11) is 0. The number of benzene rings is 2. The molecular formula is C18H22BrNO. The molecule has 0 spiro atoms. The third-order valence-electron chi connectivity index (χ3n) is 3.26. The van der Waals surface area contributed by atoms with Gasteiger partial charge in [-0.1, -0.05) is 53.9 Å². The predicted octanol–water partition coefficient (Wildman–Crippen LogP) is 5.63. The molecule has 0 unspecified atom stereocenters. The number of ether oxygens (including phenoxy) is 1. The number of anilines is 1. The molecule has 2 aromatic carbocycles. The van der Waals surface area contributed by atoms with Gasteiger partial charge in [-0.2, -0.15) is 0 Å². The van der Waals surface area contributed by atoms with Gasteiger partial charge in [0.05, 0.1) is 6.61 Å². The van der Waals surface area contributed by atoms with Crippen molar-refractivity contribution in [1.29, 1.82) is 0 Å². The quantitative estimate of drug-likeness (QED) is 0.624. The van der Waals surface area contributed by atoms with E-state index in [1.54, 1.807) is 0 Å². The maximum atomic E-state index is 5.71. The Labute approximate surface area is 135 Å². The van der Waals surface area contributed by atoms with Crippen LogP contribution in [0.4, 0.5) is 5.69 Å². The van der Waals surface area contributed by atoms with Crippen LogP contribution in [0, 0.1) is 0 Å². The van der Waals surface area contributed by atoms with E-state index in [1.165, 1.54) is 18.4 Å². The summed E-state index contributed by atoms with van der Waals surface area (Å²) in [5.41, 5.74) is 2.36. The number of unbranched alkanes of at least 4 members (excludes halogenated alkanes) is 2. The van der Waals surface area contributed by atoms with Crippen LogP contribution in [0.1, 0.15) is 31.7 Å². The van der Waals surface area contributed by atoms with Gasteiger partial charge in [-0.25, -0.2) is 0 Å².